The summed E-state index contributed by atoms with van der Waals surface area (Å²) in [6.07, 6.45) is 6.88. The van der Waals surface area contributed by atoms with E-state index in [0.717, 1.165) is 24.8 Å². The van der Waals surface area contributed by atoms with Gasteiger partial charge < -0.3 is 10.1 Å². The second-order valence-corrected chi connectivity index (χ2v) is 6.53. The summed E-state index contributed by atoms with van der Waals surface area (Å²) in [6.45, 7) is 10.5. The third-order valence-electron chi connectivity index (χ3n) is 4.97. The fraction of sp³-hybridized carbons (Fsp3) is 0.684. The molecule has 21 heavy (non-hydrogen) atoms. The van der Waals surface area contributed by atoms with E-state index in [0.29, 0.717) is 6.04 Å². The number of rotatable bonds is 6. The van der Waals surface area contributed by atoms with Crippen molar-refractivity contribution in [3.63, 3.8) is 0 Å². The minimum Gasteiger partial charge on any atom is -0.491 e. The van der Waals surface area contributed by atoms with Crippen LogP contribution in [0.1, 0.15) is 55.7 Å². The highest BCUT2D eigenvalue weighted by Crippen LogP contribution is 2.29. The number of benzene rings is 1. The maximum Gasteiger partial charge on any atom is 0.125 e. The molecule has 2 rings (SSSR count). The molecule has 0 radical (unpaired) electrons. The van der Waals surface area contributed by atoms with Gasteiger partial charge in [-0.1, -0.05) is 38.3 Å². The molecule has 1 aromatic carbocycles. The predicted molar refractivity (Wildman–Crippen MR) is 90.2 cm³/mol. The molecule has 1 atom stereocenters. The van der Waals surface area contributed by atoms with Gasteiger partial charge in [0.15, 0.2) is 0 Å². The molecule has 0 aromatic heterocycles. The second kappa shape index (κ2) is 7.84. The maximum atomic E-state index is 6.25. The van der Waals surface area contributed by atoms with Gasteiger partial charge in [0.2, 0.25) is 0 Å². The van der Waals surface area contributed by atoms with Crippen LogP contribution in [0.15, 0.2) is 12.1 Å². The van der Waals surface area contributed by atoms with Gasteiger partial charge in [0, 0.05) is 6.04 Å². The minimum atomic E-state index is 0.495. The normalized spacial score (nSPS) is 17.7. The average molecular weight is 289 g/mol. The summed E-state index contributed by atoms with van der Waals surface area (Å²) in [6, 6.07) is 4.84. The second-order valence-electron chi connectivity index (χ2n) is 6.53. The number of aryl methyl sites for hydroxylation is 2. The fourth-order valence-electron chi connectivity index (χ4n) is 3.48. The molecule has 0 spiro atoms. The van der Waals surface area contributed by atoms with Crippen molar-refractivity contribution >= 4 is 0 Å². The molecule has 1 aliphatic rings. The summed E-state index contributed by atoms with van der Waals surface area (Å²) in [4.78, 5) is 0. The highest BCUT2D eigenvalue weighted by atomic mass is 16.5. The Morgan fingerprint density at radius 2 is 1.76 bits per heavy atom. The van der Waals surface area contributed by atoms with Crippen LogP contribution >= 0.6 is 0 Å². The van der Waals surface area contributed by atoms with Crippen LogP contribution in [-0.4, -0.2) is 19.2 Å². The Morgan fingerprint density at radius 1 is 1.10 bits per heavy atom. The van der Waals surface area contributed by atoms with E-state index in [1.54, 1.807) is 0 Å². The SMILES string of the molecule is CCNC(COc1c(C)ccc(C)c1C)C1CCCCC1. The lowest BCUT2D eigenvalue weighted by Gasteiger charge is -2.31. The molecular formula is C19H31NO. The largest absolute Gasteiger partial charge is 0.491 e. The smallest absolute Gasteiger partial charge is 0.125 e. The molecular weight excluding hydrogens is 258 g/mol. The fourth-order valence-corrected chi connectivity index (χ4v) is 3.48. The number of hydrogen-bond donors (Lipinski definition) is 1. The van der Waals surface area contributed by atoms with Crippen LogP contribution in [0.5, 0.6) is 5.75 Å². The molecule has 0 amide bonds. The molecule has 2 heteroatoms. The molecule has 0 saturated heterocycles. The van der Waals surface area contributed by atoms with Gasteiger partial charge in [-0.25, -0.2) is 0 Å². The molecule has 1 aliphatic carbocycles. The van der Waals surface area contributed by atoms with Crippen LogP contribution in [0.3, 0.4) is 0 Å². The average Bonchev–Trinajstić information content (AvgIpc) is 2.51. The van der Waals surface area contributed by atoms with Crippen molar-refractivity contribution in [3.05, 3.63) is 28.8 Å². The monoisotopic (exact) mass is 289 g/mol. The van der Waals surface area contributed by atoms with E-state index in [4.69, 9.17) is 4.74 Å². The van der Waals surface area contributed by atoms with Crippen LogP contribution < -0.4 is 10.1 Å². The molecule has 1 fully saturated rings. The van der Waals surface area contributed by atoms with E-state index in [2.05, 4.69) is 45.1 Å². The molecule has 1 N–H and O–H groups in total. The summed E-state index contributed by atoms with van der Waals surface area (Å²) >= 11 is 0. The molecule has 1 saturated carbocycles. The highest BCUT2D eigenvalue weighted by molar-refractivity contribution is 5.44. The Labute approximate surface area is 130 Å². The lowest BCUT2D eigenvalue weighted by Crippen LogP contribution is -2.41. The molecule has 1 unspecified atom stereocenters. The summed E-state index contributed by atoms with van der Waals surface area (Å²) < 4.78 is 6.25. The van der Waals surface area contributed by atoms with Gasteiger partial charge in [-0.3, -0.25) is 0 Å². The van der Waals surface area contributed by atoms with Gasteiger partial charge in [0.1, 0.15) is 12.4 Å². The minimum absolute atomic E-state index is 0.495. The first kappa shape index (κ1) is 16.4. The van der Waals surface area contributed by atoms with Gasteiger partial charge >= 0.3 is 0 Å². The summed E-state index contributed by atoms with van der Waals surface area (Å²) in [5, 5.41) is 3.65. The first-order valence-corrected chi connectivity index (χ1v) is 8.56. The van der Waals surface area contributed by atoms with Crippen molar-refractivity contribution < 1.29 is 4.74 Å². The molecule has 0 heterocycles. The van der Waals surface area contributed by atoms with Gasteiger partial charge in [-0.15, -0.1) is 0 Å². The van der Waals surface area contributed by atoms with Crippen molar-refractivity contribution in [1.82, 2.24) is 5.32 Å². The topological polar surface area (TPSA) is 21.3 Å². The molecule has 118 valence electrons. The number of hydrogen-bond acceptors (Lipinski definition) is 2. The van der Waals surface area contributed by atoms with Gasteiger partial charge in [0.05, 0.1) is 0 Å². The predicted octanol–water partition coefficient (Wildman–Crippen LogP) is 4.55. The van der Waals surface area contributed by atoms with Crippen LogP contribution in [0.4, 0.5) is 0 Å². The number of nitrogens with one attached hydrogen (secondary N) is 1. The first-order valence-electron chi connectivity index (χ1n) is 8.56. The van der Waals surface area contributed by atoms with Gasteiger partial charge in [0.25, 0.3) is 0 Å². The van der Waals surface area contributed by atoms with E-state index in [9.17, 15) is 0 Å². The van der Waals surface area contributed by atoms with E-state index >= 15 is 0 Å². The van der Waals surface area contributed by atoms with Crippen LogP contribution in [0, 0.1) is 26.7 Å². The van der Waals surface area contributed by atoms with Crippen LogP contribution in [0.2, 0.25) is 0 Å². The van der Waals surface area contributed by atoms with Crippen molar-refractivity contribution in [1.29, 1.82) is 0 Å². The summed E-state index contributed by atoms with van der Waals surface area (Å²) in [5.41, 5.74) is 3.85. The zero-order valence-electron chi connectivity index (χ0n) is 14.2. The molecule has 2 nitrogen and oxygen atoms in total. The van der Waals surface area contributed by atoms with E-state index in [-0.39, 0.29) is 0 Å². The zero-order valence-corrected chi connectivity index (χ0v) is 14.2. The Balaban J connectivity index is 2.03. The van der Waals surface area contributed by atoms with Crippen LogP contribution in [-0.2, 0) is 0 Å². The first-order chi connectivity index (χ1) is 10.1. The Hall–Kier alpha value is -1.02. The summed E-state index contributed by atoms with van der Waals surface area (Å²) in [5.74, 6) is 1.87. The van der Waals surface area contributed by atoms with Gasteiger partial charge in [-0.2, -0.15) is 0 Å². The third-order valence-corrected chi connectivity index (χ3v) is 4.97. The standard InChI is InChI=1S/C19H31NO/c1-5-20-18(17-9-7-6-8-10-17)13-21-19-15(3)12-11-14(2)16(19)4/h11-12,17-18,20H,5-10,13H2,1-4H3. The Bertz CT molecular complexity index is 449. The van der Waals surface area contributed by atoms with Crippen LogP contribution in [0.25, 0.3) is 0 Å². The van der Waals surface area contributed by atoms with E-state index < -0.39 is 0 Å². The van der Waals surface area contributed by atoms with Crippen molar-refractivity contribution in [2.45, 2.75) is 65.8 Å². The van der Waals surface area contributed by atoms with Crippen molar-refractivity contribution in [2.75, 3.05) is 13.2 Å². The Morgan fingerprint density at radius 3 is 2.43 bits per heavy atom. The highest BCUT2D eigenvalue weighted by Gasteiger charge is 2.24. The van der Waals surface area contributed by atoms with Gasteiger partial charge in [-0.05, 0) is 62.8 Å². The molecule has 0 aliphatic heterocycles. The number of likely N-dealkylation sites (N-methyl/N-ethyl adjacent to an activating group) is 1. The van der Waals surface area contributed by atoms with E-state index in [1.165, 1.54) is 48.8 Å². The van der Waals surface area contributed by atoms with Crippen molar-refractivity contribution in [3.8, 4) is 5.75 Å². The molecule has 1 aromatic rings. The number of ether oxygens (including phenoxy) is 1. The molecule has 0 bridgehead atoms. The van der Waals surface area contributed by atoms with Crippen molar-refractivity contribution in [2.24, 2.45) is 5.92 Å². The Kier molecular flexibility index (Phi) is 6.10. The lowest BCUT2D eigenvalue weighted by atomic mass is 9.84. The summed E-state index contributed by atoms with van der Waals surface area (Å²) in [7, 11) is 0. The quantitative estimate of drug-likeness (QED) is 0.829. The maximum absolute atomic E-state index is 6.25. The van der Waals surface area contributed by atoms with E-state index in [1.807, 2.05) is 0 Å². The zero-order chi connectivity index (χ0) is 15.2. The third kappa shape index (κ3) is 4.23. The lowest BCUT2D eigenvalue weighted by molar-refractivity contribution is 0.186.